The number of carboxylic acids is 1. The molecule has 0 saturated heterocycles. The molecule has 0 heterocycles. The summed E-state index contributed by atoms with van der Waals surface area (Å²) >= 11 is 5.64. The molecule has 1 N–H and O–H groups in total. The Labute approximate surface area is 102 Å². The fourth-order valence-electron chi connectivity index (χ4n) is 1.26. The first kappa shape index (κ1) is 13.4. The van der Waals surface area contributed by atoms with Gasteiger partial charge in [-0.05, 0) is 12.1 Å². The van der Waals surface area contributed by atoms with E-state index in [9.17, 15) is 14.0 Å². The van der Waals surface area contributed by atoms with Crippen molar-refractivity contribution in [3.05, 3.63) is 28.5 Å². The average Bonchev–Trinajstić information content (AvgIpc) is 2.29. The second-order valence-electron chi connectivity index (χ2n) is 3.26. The lowest BCUT2D eigenvalue weighted by atomic mass is 10.1. The minimum atomic E-state index is -1.11. The molecule has 1 aromatic carbocycles. The SMILES string of the molecule is COc1ccc(C(=O)CCC(=O)O)c(F)c1Cl. The maximum Gasteiger partial charge on any atom is 0.303 e. The van der Waals surface area contributed by atoms with Gasteiger partial charge in [0.25, 0.3) is 0 Å². The van der Waals surface area contributed by atoms with Crippen LogP contribution in [0.3, 0.4) is 0 Å². The van der Waals surface area contributed by atoms with Crippen LogP contribution in [0, 0.1) is 5.82 Å². The Hall–Kier alpha value is -1.62. The molecule has 0 spiro atoms. The fourth-order valence-corrected chi connectivity index (χ4v) is 1.50. The Morgan fingerprint density at radius 3 is 2.59 bits per heavy atom. The first-order valence-corrected chi connectivity index (χ1v) is 5.12. The van der Waals surface area contributed by atoms with E-state index in [1.807, 2.05) is 0 Å². The van der Waals surface area contributed by atoms with Crippen molar-refractivity contribution < 1.29 is 23.8 Å². The van der Waals surface area contributed by atoms with Crippen LogP contribution < -0.4 is 4.74 Å². The van der Waals surface area contributed by atoms with Crippen LogP contribution in [-0.2, 0) is 4.79 Å². The number of halogens is 2. The molecular formula is C11H10ClFO4. The molecule has 0 saturated carbocycles. The van der Waals surface area contributed by atoms with Crippen LogP contribution in [0.15, 0.2) is 12.1 Å². The van der Waals surface area contributed by atoms with E-state index < -0.39 is 17.6 Å². The highest BCUT2D eigenvalue weighted by atomic mass is 35.5. The second kappa shape index (κ2) is 5.63. The van der Waals surface area contributed by atoms with Crippen LogP contribution in [0.25, 0.3) is 0 Å². The molecule has 6 heteroatoms. The molecule has 4 nitrogen and oxygen atoms in total. The van der Waals surface area contributed by atoms with Crippen molar-refractivity contribution in [1.29, 1.82) is 0 Å². The largest absolute Gasteiger partial charge is 0.495 e. The van der Waals surface area contributed by atoms with Gasteiger partial charge in [-0.1, -0.05) is 11.6 Å². The lowest BCUT2D eigenvalue weighted by Gasteiger charge is -2.07. The van der Waals surface area contributed by atoms with Gasteiger partial charge in [0.1, 0.15) is 10.8 Å². The molecule has 0 radical (unpaired) electrons. The van der Waals surface area contributed by atoms with E-state index in [-0.39, 0.29) is 29.2 Å². The minimum absolute atomic E-state index is 0.124. The van der Waals surface area contributed by atoms with E-state index in [2.05, 4.69) is 0 Å². The summed E-state index contributed by atoms with van der Waals surface area (Å²) in [6.07, 6.45) is -0.614. The number of ether oxygens (including phenoxy) is 1. The number of carbonyl (C=O) groups excluding carboxylic acids is 1. The second-order valence-corrected chi connectivity index (χ2v) is 3.64. The number of ketones is 1. The van der Waals surface area contributed by atoms with Crippen LogP contribution in [0.2, 0.25) is 5.02 Å². The number of benzene rings is 1. The molecule has 92 valence electrons. The van der Waals surface area contributed by atoms with Crippen LogP contribution in [0.1, 0.15) is 23.2 Å². The van der Waals surface area contributed by atoms with E-state index in [0.717, 1.165) is 0 Å². The predicted molar refractivity (Wildman–Crippen MR) is 59.2 cm³/mol. The Kier molecular flexibility index (Phi) is 4.45. The topological polar surface area (TPSA) is 63.6 Å². The van der Waals surface area contributed by atoms with Gasteiger partial charge >= 0.3 is 5.97 Å². The third kappa shape index (κ3) is 3.17. The molecule has 0 unspecified atom stereocenters. The van der Waals surface area contributed by atoms with Crippen molar-refractivity contribution in [3.63, 3.8) is 0 Å². The van der Waals surface area contributed by atoms with E-state index in [1.54, 1.807) is 0 Å². The first-order chi connectivity index (χ1) is 7.97. The first-order valence-electron chi connectivity index (χ1n) is 4.74. The summed E-state index contributed by atoms with van der Waals surface area (Å²) < 4.78 is 18.4. The average molecular weight is 261 g/mol. The molecular weight excluding hydrogens is 251 g/mol. The van der Waals surface area contributed by atoms with Crippen molar-refractivity contribution in [2.45, 2.75) is 12.8 Å². The Bertz CT molecular complexity index is 459. The summed E-state index contributed by atoms with van der Waals surface area (Å²) in [6, 6.07) is 2.59. The van der Waals surface area contributed by atoms with Gasteiger partial charge in [-0.2, -0.15) is 0 Å². The number of aliphatic carboxylic acids is 1. The molecule has 0 amide bonds. The summed E-state index contributed by atoms with van der Waals surface area (Å²) in [4.78, 5) is 21.8. The third-order valence-corrected chi connectivity index (χ3v) is 2.49. The zero-order chi connectivity index (χ0) is 13.0. The normalized spacial score (nSPS) is 10.1. The van der Waals surface area contributed by atoms with Crippen LogP contribution in [0.4, 0.5) is 4.39 Å². The van der Waals surface area contributed by atoms with Gasteiger partial charge in [-0.15, -0.1) is 0 Å². The summed E-state index contributed by atoms with van der Waals surface area (Å²) in [7, 11) is 1.33. The highest BCUT2D eigenvalue weighted by Gasteiger charge is 2.18. The maximum atomic E-state index is 13.6. The molecule has 0 aliphatic heterocycles. The van der Waals surface area contributed by atoms with Crippen molar-refractivity contribution in [1.82, 2.24) is 0 Å². The lowest BCUT2D eigenvalue weighted by Crippen LogP contribution is -2.06. The number of hydrogen-bond donors (Lipinski definition) is 1. The number of Topliss-reactive ketones (excluding diaryl/α,β-unsaturated/α-hetero) is 1. The van der Waals surface area contributed by atoms with Gasteiger partial charge in [-0.25, -0.2) is 4.39 Å². The number of carboxylic acid groups (broad SMARTS) is 1. The van der Waals surface area contributed by atoms with Gasteiger partial charge in [0.2, 0.25) is 0 Å². The van der Waals surface area contributed by atoms with E-state index >= 15 is 0 Å². The van der Waals surface area contributed by atoms with Gasteiger partial charge in [0, 0.05) is 6.42 Å². The summed E-state index contributed by atoms with van der Waals surface area (Å²) in [5, 5.41) is 8.14. The molecule has 17 heavy (non-hydrogen) atoms. The monoisotopic (exact) mass is 260 g/mol. The maximum absolute atomic E-state index is 13.6. The van der Waals surface area contributed by atoms with Crippen molar-refractivity contribution >= 4 is 23.4 Å². The predicted octanol–water partition coefficient (Wildman–Crippen LogP) is 2.54. The summed E-state index contributed by atoms with van der Waals surface area (Å²) in [6.45, 7) is 0. The smallest absolute Gasteiger partial charge is 0.303 e. The van der Waals surface area contributed by atoms with E-state index in [4.69, 9.17) is 21.4 Å². The number of carbonyl (C=O) groups is 2. The van der Waals surface area contributed by atoms with E-state index in [1.165, 1.54) is 19.2 Å². The standard InChI is InChI=1S/C11H10ClFO4/c1-17-8-4-2-6(11(13)10(8)12)7(14)3-5-9(15)16/h2,4H,3,5H2,1H3,(H,15,16). The molecule has 0 bridgehead atoms. The fraction of sp³-hybridized carbons (Fsp3) is 0.273. The van der Waals surface area contributed by atoms with Gasteiger partial charge in [0.05, 0.1) is 19.1 Å². The molecule has 0 aliphatic carbocycles. The third-order valence-electron chi connectivity index (χ3n) is 2.13. The minimum Gasteiger partial charge on any atom is -0.495 e. The van der Waals surface area contributed by atoms with Crippen LogP contribution in [0.5, 0.6) is 5.75 Å². The summed E-state index contributed by atoms with van der Waals surface area (Å²) in [5.74, 6) is -2.48. The molecule has 0 atom stereocenters. The number of methoxy groups -OCH3 is 1. The molecule has 1 rings (SSSR count). The van der Waals surface area contributed by atoms with Crippen molar-refractivity contribution in [2.75, 3.05) is 7.11 Å². The highest BCUT2D eigenvalue weighted by Crippen LogP contribution is 2.29. The Balaban J connectivity index is 2.95. The lowest BCUT2D eigenvalue weighted by molar-refractivity contribution is -0.136. The summed E-state index contributed by atoms with van der Waals surface area (Å²) in [5.41, 5.74) is -0.225. The van der Waals surface area contributed by atoms with Crippen LogP contribution in [-0.4, -0.2) is 24.0 Å². The van der Waals surface area contributed by atoms with Crippen molar-refractivity contribution in [3.8, 4) is 5.75 Å². The molecule has 0 fully saturated rings. The molecule has 1 aromatic rings. The van der Waals surface area contributed by atoms with Crippen LogP contribution >= 0.6 is 11.6 Å². The van der Waals surface area contributed by atoms with Gasteiger partial charge < -0.3 is 9.84 Å². The van der Waals surface area contributed by atoms with E-state index in [0.29, 0.717) is 0 Å². The number of rotatable bonds is 5. The Morgan fingerprint density at radius 1 is 1.41 bits per heavy atom. The Morgan fingerprint density at radius 2 is 2.06 bits per heavy atom. The molecule has 0 aromatic heterocycles. The zero-order valence-electron chi connectivity index (χ0n) is 9.00. The van der Waals surface area contributed by atoms with Gasteiger partial charge in [0.15, 0.2) is 11.6 Å². The zero-order valence-corrected chi connectivity index (χ0v) is 9.75. The number of hydrogen-bond acceptors (Lipinski definition) is 3. The van der Waals surface area contributed by atoms with Gasteiger partial charge in [-0.3, -0.25) is 9.59 Å². The van der Waals surface area contributed by atoms with Crippen molar-refractivity contribution in [2.24, 2.45) is 0 Å². The quantitative estimate of drug-likeness (QED) is 0.827. The highest BCUT2D eigenvalue weighted by molar-refractivity contribution is 6.32. The molecule has 0 aliphatic rings.